The second kappa shape index (κ2) is 5.01. The standard InChI is InChI=1S/C19H16N2O/c22-19(10-2-11-19)16-7-4-14(5-8-16)6-9-17-13-15-3-1-12-20-18(15)21-17/h1,3-5,7-8,12-13,22H,2,10-11H2,(H,20,21). The number of rotatable bonds is 1. The van der Waals surface area contributed by atoms with Crippen LogP contribution in [0.15, 0.2) is 48.7 Å². The van der Waals surface area contributed by atoms with Crippen molar-refractivity contribution in [2.24, 2.45) is 0 Å². The molecule has 0 saturated heterocycles. The quantitative estimate of drug-likeness (QED) is 0.675. The van der Waals surface area contributed by atoms with Gasteiger partial charge in [-0.1, -0.05) is 18.1 Å². The smallest absolute Gasteiger partial charge is 0.138 e. The van der Waals surface area contributed by atoms with Crippen LogP contribution in [0.5, 0.6) is 0 Å². The predicted octanol–water partition coefficient (Wildman–Crippen LogP) is 3.33. The molecular formula is C19H16N2O. The summed E-state index contributed by atoms with van der Waals surface area (Å²) in [5, 5.41) is 11.4. The third kappa shape index (κ3) is 2.28. The molecule has 0 spiro atoms. The Kier molecular flexibility index (Phi) is 2.99. The van der Waals surface area contributed by atoms with E-state index in [0.717, 1.165) is 47.1 Å². The lowest BCUT2D eigenvalue weighted by Gasteiger charge is -2.37. The summed E-state index contributed by atoms with van der Waals surface area (Å²) >= 11 is 0. The molecule has 1 fully saturated rings. The van der Waals surface area contributed by atoms with Gasteiger partial charge in [0.1, 0.15) is 5.65 Å². The summed E-state index contributed by atoms with van der Waals surface area (Å²) < 4.78 is 0. The minimum absolute atomic E-state index is 0.602. The molecule has 22 heavy (non-hydrogen) atoms. The normalized spacial score (nSPS) is 15.9. The molecule has 108 valence electrons. The summed E-state index contributed by atoms with van der Waals surface area (Å²) in [5.41, 5.74) is 3.05. The molecule has 1 aromatic carbocycles. The molecule has 2 N–H and O–H groups in total. The number of pyridine rings is 1. The van der Waals surface area contributed by atoms with E-state index in [0.29, 0.717) is 0 Å². The SMILES string of the molecule is OC1(c2ccc(C#Cc3cc4cccnc4[nH]3)cc2)CCC1. The second-order valence-corrected chi connectivity index (χ2v) is 5.84. The van der Waals surface area contributed by atoms with E-state index < -0.39 is 5.60 Å². The Bertz CT molecular complexity index is 844. The molecule has 2 heterocycles. The van der Waals surface area contributed by atoms with E-state index in [2.05, 4.69) is 21.8 Å². The summed E-state index contributed by atoms with van der Waals surface area (Å²) in [6.45, 7) is 0. The summed E-state index contributed by atoms with van der Waals surface area (Å²) in [6.07, 6.45) is 4.59. The van der Waals surface area contributed by atoms with Gasteiger partial charge in [-0.2, -0.15) is 0 Å². The van der Waals surface area contributed by atoms with E-state index in [-0.39, 0.29) is 0 Å². The maximum absolute atomic E-state index is 10.3. The van der Waals surface area contributed by atoms with Gasteiger partial charge in [0.25, 0.3) is 0 Å². The Balaban J connectivity index is 1.58. The number of nitrogens with zero attached hydrogens (tertiary/aromatic N) is 1. The number of benzene rings is 1. The minimum Gasteiger partial charge on any atom is -0.385 e. The molecular weight excluding hydrogens is 272 g/mol. The highest BCUT2D eigenvalue weighted by Crippen LogP contribution is 2.40. The molecule has 2 aromatic heterocycles. The van der Waals surface area contributed by atoms with Gasteiger partial charge in [0.15, 0.2) is 0 Å². The van der Waals surface area contributed by atoms with Gasteiger partial charge in [-0.3, -0.25) is 0 Å². The summed E-state index contributed by atoms with van der Waals surface area (Å²) in [5.74, 6) is 6.27. The number of hydrogen-bond acceptors (Lipinski definition) is 2. The Labute approximate surface area is 129 Å². The maximum Gasteiger partial charge on any atom is 0.138 e. The lowest BCUT2D eigenvalue weighted by atomic mass is 9.75. The zero-order chi connectivity index (χ0) is 15.0. The fourth-order valence-corrected chi connectivity index (χ4v) is 2.83. The topological polar surface area (TPSA) is 48.9 Å². The largest absolute Gasteiger partial charge is 0.385 e. The van der Waals surface area contributed by atoms with Crippen molar-refractivity contribution in [1.29, 1.82) is 0 Å². The number of hydrogen-bond donors (Lipinski definition) is 2. The molecule has 3 heteroatoms. The first-order valence-electron chi connectivity index (χ1n) is 7.52. The molecule has 1 aliphatic rings. The van der Waals surface area contributed by atoms with Crippen molar-refractivity contribution < 1.29 is 5.11 Å². The molecule has 1 saturated carbocycles. The van der Waals surface area contributed by atoms with Crippen LogP contribution in [0, 0.1) is 11.8 Å². The van der Waals surface area contributed by atoms with E-state index >= 15 is 0 Å². The third-order valence-electron chi connectivity index (χ3n) is 4.34. The van der Waals surface area contributed by atoms with Crippen LogP contribution in [-0.4, -0.2) is 15.1 Å². The van der Waals surface area contributed by atoms with Crippen LogP contribution in [-0.2, 0) is 5.60 Å². The lowest BCUT2D eigenvalue weighted by molar-refractivity contribution is -0.0387. The van der Waals surface area contributed by atoms with Gasteiger partial charge in [-0.05, 0) is 61.1 Å². The number of nitrogens with one attached hydrogen (secondary N) is 1. The van der Waals surface area contributed by atoms with Crippen molar-refractivity contribution in [3.63, 3.8) is 0 Å². The van der Waals surface area contributed by atoms with E-state index in [1.54, 1.807) is 6.20 Å². The average Bonchev–Trinajstić information content (AvgIpc) is 2.94. The highest BCUT2D eigenvalue weighted by Gasteiger charge is 2.35. The zero-order valence-corrected chi connectivity index (χ0v) is 12.1. The highest BCUT2D eigenvalue weighted by atomic mass is 16.3. The summed E-state index contributed by atoms with van der Waals surface area (Å²) in [6, 6.07) is 13.8. The summed E-state index contributed by atoms with van der Waals surface area (Å²) in [4.78, 5) is 7.46. The zero-order valence-electron chi connectivity index (χ0n) is 12.1. The molecule has 0 atom stereocenters. The van der Waals surface area contributed by atoms with Crippen LogP contribution < -0.4 is 0 Å². The van der Waals surface area contributed by atoms with Crippen molar-refractivity contribution in [2.75, 3.05) is 0 Å². The van der Waals surface area contributed by atoms with E-state index in [1.165, 1.54) is 0 Å². The average molecular weight is 288 g/mol. The van der Waals surface area contributed by atoms with Crippen LogP contribution in [0.4, 0.5) is 0 Å². The van der Waals surface area contributed by atoms with Gasteiger partial charge in [-0.25, -0.2) is 4.98 Å². The fraction of sp³-hybridized carbons (Fsp3) is 0.211. The first-order valence-corrected chi connectivity index (χ1v) is 7.52. The molecule has 0 unspecified atom stereocenters. The Hall–Kier alpha value is -2.57. The highest BCUT2D eigenvalue weighted by molar-refractivity contribution is 5.77. The number of aromatic nitrogens is 2. The molecule has 3 aromatic rings. The second-order valence-electron chi connectivity index (χ2n) is 5.84. The molecule has 4 rings (SSSR count). The maximum atomic E-state index is 10.3. The van der Waals surface area contributed by atoms with Crippen LogP contribution in [0.25, 0.3) is 11.0 Å². The Morgan fingerprint density at radius 3 is 2.59 bits per heavy atom. The third-order valence-corrected chi connectivity index (χ3v) is 4.34. The number of fused-ring (bicyclic) bond motifs is 1. The van der Waals surface area contributed by atoms with Gasteiger partial charge < -0.3 is 10.1 Å². The molecule has 0 amide bonds. The van der Waals surface area contributed by atoms with Gasteiger partial charge in [0, 0.05) is 17.1 Å². The first-order chi connectivity index (χ1) is 10.7. The minimum atomic E-state index is -0.602. The van der Waals surface area contributed by atoms with E-state index in [9.17, 15) is 5.11 Å². The fourth-order valence-electron chi connectivity index (χ4n) is 2.83. The molecule has 1 aliphatic carbocycles. The van der Waals surface area contributed by atoms with Crippen LogP contribution in [0.3, 0.4) is 0 Å². The Morgan fingerprint density at radius 2 is 1.91 bits per heavy atom. The molecule has 0 aliphatic heterocycles. The Morgan fingerprint density at radius 1 is 1.09 bits per heavy atom. The monoisotopic (exact) mass is 288 g/mol. The lowest BCUT2D eigenvalue weighted by Crippen LogP contribution is -2.33. The van der Waals surface area contributed by atoms with Gasteiger partial charge in [-0.15, -0.1) is 0 Å². The summed E-state index contributed by atoms with van der Waals surface area (Å²) in [7, 11) is 0. The predicted molar refractivity (Wildman–Crippen MR) is 86.3 cm³/mol. The van der Waals surface area contributed by atoms with Crippen molar-refractivity contribution in [2.45, 2.75) is 24.9 Å². The first kappa shape index (κ1) is 13.1. The van der Waals surface area contributed by atoms with Crippen LogP contribution in [0.1, 0.15) is 36.1 Å². The molecule has 3 nitrogen and oxygen atoms in total. The molecule has 0 radical (unpaired) electrons. The van der Waals surface area contributed by atoms with E-state index in [4.69, 9.17) is 0 Å². The number of aromatic amines is 1. The van der Waals surface area contributed by atoms with Crippen LogP contribution >= 0.6 is 0 Å². The van der Waals surface area contributed by atoms with Gasteiger partial charge >= 0.3 is 0 Å². The van der Waals surface area contributed by atoms with E-state index in [1.807, 2.05) is 42.5 Å². The number of aliphatic hydroxyl groups is 1. The van der Waals surface area contributed by atoms with Crippen molar-refractivity contribution in [3.05, 3.63) is 65.5 Å². The van der Waals surface area contributed by atoms with Gasteiger partial charge in [0.05, 0.1) is 11.3 Å². The van der Waals surface area contributed by atoms with Gasteiger partial charge in [0.2, 0.25) is 0 Å². The van der Waals surface area contributed by atoms with Crippen LogP contribution in [0.2, 0.25) is 0 Å². The molecule has 0 bridgehead atoms. The van der Waals surface area contributed by atoms with Crippen molar-refractivity contribution >= 4 is 11.0 Å². The van der Waals surface area contributed by atoms with Crippen molar-refractivity contribution in [3.8, 4) is 11.8 Å². The van der Waals surface area contributed by atoms with Crippen molar-refractivity contribution in [1.82, 2.24) is 9.97 Å². The number of H-pyrrole nitrogens is 1.